The SMILES string of the molecule is COc1ccc2[nH]c(=O)c(CN(C3CCCC3)S(=O)(=O)c3ccc(Cl)c(C(F)(F)F)c3)cc2c1. The number of sulfonamides is 1. The first-order valence-corrected chi connectivity index (χ1v) is 12.4. The van der Waals surface area contributed by atoms with E-state index >= 15 is 0 Å². The summed E-state index contributed by atoms with van der Waals surface area (Å²) in [7, 11) is -2.86. The van der Waals surface area contributed by atoms with Crippen LogP contribution in [0.15, 0.2) is 52.2 Å². The smallest absolute Gasteiger partial charge is 0.417 e. The highest BCUT2D eigenvalue weighted by atomic mass is 35.5. The number of pyridine rings is 1. The fourth-order valence-corrected chi connectivity index (χ4v) is 6.18. The van der Waals surface area contributed by atoms with Gasteiger partial charge in [0.05, 0.1) is 22.6 Å². The first-order valence-electron chi connectivity index (χ1n) is 10.6. The Kier molecular flexibility index (Phi) is 6.67. The second-order valence-electron chi connectivity index (χ2n) is 8.20. The van der Waals surface area contributed by atoms with Crippen molar-refractivity contribution in [2.75, 3.05) is 7.11 Å². The Morgan fingerprint density at radius 1 is 1.12 bits per heavy atom. The van der Waals surface area contributed by atoms with Crippen molar-refractivity contribution in [2.24, 2.45) is 0 Å². The largest absolute Gasteiger partial charge is 0.497 e. The second kappa shape index (κ2) is 9.24. The average molecular weight is 515 g/mol. The topological polar surface area (TPSA) is 79.5 Å². The number of hydrogen-bond donors (Lipinski definition) is 1. The van der Waals surface area contributed by atoms with Gasteiger partial charge in [0, 0.05) is 29.1 Å². The Hall–Kier alpha value is -2.56. The number of benzene rings is 2. The first-order chi connectivity index (χ1) is 16.0. The zero-order chi connectivity index (χ0) is 24.7. The minimum atomic E-state index is -4.81. The van der Waals surface area contributed by atoms with E-state index in [-0.39, 0.29) is 12.1 Å². The third-order valence-corrected chi connectivity index (χ3v) is 8.26. The maximum absolute atomic E-state index is 13.6. The highest BCUT2D eigenvalue weighted by Gasteiger charge is 2.38. The Morgan fingerprint density at radius 2 is 1.82 bits per heavy atom. The van der Waals surface area contributed by atoms with Gasteiger partial charge in [-0.15, -0.1) is 0 Å². The highest BCUT2D eigenvalue weighted by molar-refractivity contribution is 7.89. The van der Waals surface area contributed by atoms with Gasteiger partial charge in [-0.05, 0) is 55.3 Å². The van der Waals surface area contributed by atoms with Crippen molar-refractivity contribution < 1.29 is 26.3 Å². The predicted molar refractivity (Wildman–Crippen MR) is 123 cm³/mol. The molecule has 0 atom stereocenters. The number of hydrogen-bond acceptors (Lipinski definition) is 4. The molecule has 1 saturated carbocycles. The lowest BCUT2D eigenvalue weighted by Gasteiger charge is -2.28. The Morgan fingerprint density at radius 3 is 2.47 bits per heavy atom. The standard InChI is InChI=1S/C23H22ClF3N2O4S/c1-33-17-6-9-21-14(11-17)10-15(22(30)28-21)13-29(16-4-2-3-5-16)34(31,32)18-7-8-20(24)19(12-18)23(25,26)27/h6-12,16H,2-5,13H2,1H3,(H,28,30). The van der Waals surface area contributed by atoms with E-state index in [1.165, 1.54) is 7.11 Å². The molecule has 3 aromatic rings. The molecule has 11 heteroatoms. The van der Waals surface area contributed by atoms with Gasteiger partial charge in [-0.2, -0.15) is 17.5 Å². The molecule has 0 spiro atoms. The molecule has 0 bridgehead atoms. The van der Waals surface area contributed by atoms with Crippen LogP contribution in [0.4, 0.5) is 13.2 Å². The summed E-state index contributed by atoms with van der Waals surface area (Å²) in [4.78, 5) is 15.0. The number of fused-ring (bicyclic) bond motifs is 1. The van der Waals surface area contributed by atoms with Crippen molar-refractivity contribution in [3.63, 3.8) is 0 Å². The van der Waals surface area contributed by atoms with E-state index < -0.39 is 43.3 Å². The van der Waals surface area contributed by atoms with Gasteiger partial charge in [-0.25, -0.2) is 8.42 Å². The van der Waals surface area contributed by atoms with Gasteiger partial charge in [0.25, 0.3) is 5.56 Å². The molecule has 34 heavy (non-hydrogen) atoms. The van der Waals surface area contributed by atoms with E-state index in [1.807, 2.05) is 0 Å². The van der Waals surface area contributed by atoms with E-state index in [0.29, 0.717) is 35.6 Å². The van der Waals surface area contributed by atoms with Crippen LogP contribution in [0.1, 0.15) is 36.8 Å². The van der Waals surface area contributed by atoms with Crippen LogP contribution < -0.4 is 10.3 Å². The fourth-order valence-electron chi connectivity index (χ4n) is 4.26. The van der Waals surface area contributed by atoms with E-state index in [1.54, 1.807) is 24.3 Å². The molecule has 0 saturated heterocycles. The van der Waals surface area contributed by atoms with Crippen LogP contribution in [-0.2, 0) is 22.7 Å². The van der Waals surface area contributed by atoms with Gasteiger partial charge in [0.2, 0.25) is 10.0 Å². The lowest BCUT2D eigenvalue weighted by molar-refractivity contribution is -0.137. The fraction of sp³-hybridized carbons (Fsp3) is 0.348. The normalized spacial score (nSPS) is 15.4. The molecule has 0 unspecified atom stereocenters. The van der Waals surface area contributed by atoms with Crippen LogP contribution in [-0.4, -0.2) is 30.9 Å². The summed E-state index contributed by atoms with van der Waals surface area (Å²) in [6.07, 6.45) is -2.13. The van der Waals surface area contributed by atoms with E-state index in [9.17, 15) is 26.4 Å². The third kappa shape index (κ3) is 4.80. The van der Waals surface area contributed by atoms with E-state index in [0.717, 1.165) is 29.3 Å². The predicted octanol–water partition coefficient (Wildman–Crippen LogP) is 5.34. The molecule has 4 rings (SSSR count). The lowest BCUT2D eigenvalue weighted by atomic mass is 10.1. The summed E-state index contributed by atoms with van der Waals surface area (Å²) in [5.41, 5.74) is -0.959. The quantitative estimate of drug-likeness (QED) is 0.481. The van der Waals surface area contributed by atoms with Crippen molar-refractivity contribution in [1.29, 1.82) is 0 Å². The lowest BCUT2D eigenvalue weighted by Crippen LogP contribution is -2.39. The number of H-pyrrole nitrogens is 1. The summed E-state index contributed by atoms with van der Waals surface area (Å²) >= 11 is 5.68. The summed E-state index contributed by atoms with van der Waals surface area (Å²) in [5.74, 6) is 0.562. The second-order valence-corrected chi connectivity index (χ2v) is 10.5. The van der Waals surface area contributed by atoms with Gasteiger partial charge in [-0.1, -0.05) is 24.4 Å². The number of ether oxygens (including phenoxy) is 1. The Labute approximate surface area is 199 Å². The van der Waals surface area contributed by atoms with Gasteiger partial charge in [0.1, 0.15) is 5.75 Å². The van der Waals surface area contributed by atoms with Crippen molar-refractivity contribution >= 4 is 32.5 Å². The minimum absolute atomic E-state index is 0.182. The molecule has 0 aliphatic heterocycles. The maximum Gasteiger partial charge on any atom is 0.417 e. The Balaban J connectivity index is 1.79. The van der Waals surface area contributed by atoms with Crippen molar-refractivity contribution in [2.45, 2.75) is 49.3 Å². The zero-order valence-corrected chi connectivity index (χ0v) is 19.7. The molecule has 0 amide bonds. The maximum atomic E-state index is 13.6. The van der Waals surface area contributed by atoms with Gasteiger partial charge >= 0.3 is 6.18 Å². The molecule has 0 radical (unpaired) electrons. The van der Waals surface area contributed by atoms with Crippen LogP contribution in [0.2, 0.25) is 5.02 Å². The number of nitrogens with zero attached hydrogens (tertiary/aromatic N) is 1. The highest BCUT2D eigenvalue weighted by Crippen LogP contribution is 2.37. The van der Waals surface area contributed by atoms with E-state index in [2.05, 4.69) is 4.98 Å². The van der Waals surface area contributed by atoms with Crippen molar-refractivity contribution in [3.8, 4) is 5.75 Å². The molecular weight excluding hydrogens is 493 g/mol. The number of aromatic amines is 1. The van der Waals surface area contributed by atoms with Crippen LogP contribution in [0, 0.1) is 0 Å². The summed E-state index contributed by atoms with van der Waals surface area (Å²) in [6, 6.07) is 8.76. The van der Waals surface area contributed by atoms with Crippen LogP contribution in [0.3, 0.4) is 0 Å². The number of nitrogens with one attached hydrogen (secondary N) is 1. The minimum Gasteiger partial charge on any atom is -0.497 e. The van der Waals surface area contributed by atoms with Crippen LogP contribution in [0.25, 0.3) is 10.9 Å². The van der Waals surface area contributed by atoms with Crippen LogP contribution in [0.5, 0.6) is 5.75 Å². The van der Waals surface area contributed by atoms with Gasteiger partial charge < -0.3 is 9.72 Å². The molecule has 1 aliphatic rings. The molecule has 1 heterocycles. The average Bonchev–Trinajstić information content (AvgIpc) is 3.31. The molecule has 1 aromatic heterocycles. The third-order valence-electron chi connectivity index (χ3n) is 6.04. The molecule has 2 aromatic carbocycles. The first kappa shape index (κ1) is 24.6. The molecule has 1 fully saturated rings. The number of methoxy groups -OCH3 is 1. The summed E-state index contributed by atoms with van der Waals surface area (Å²) < 4.78 is 73.6. The molecule has 1 aliphatic carbocycles. The van der Waals surface area contributed by atoms with Crippen molar-refractivity contribution in [3.05, 3.63) is 69.0 Å². The van der Waals surface area contributed by atoms with Gasteiger partial charge in [-0.3, -0.25) is 4.79 Å². The molecule has 182 valence electrons. The summed E-state index contributed by atoms with van der Waals surface area (Å²) in [5, 5.41) is 0.0577. The monoisotopic (exact) mass is 514 g/mol. The van der Waals surface area contributed by atoms with E-state index in [4.69, 9.17) is 16.3 Å². The molecule has 6 nitrogen and oxygen atoms in total. The van der Waals surface area contributed by atoms with Crippen LogP contribution >= 0.6 is 11.6 Å². The molecule has 1 N–H and O–H groups in total. The zero-order valence-electron chi connectivity index (χ0n) is 18.2. The van der Waals surface area contributed by atoms with Gasteiger partial charge in [0.15, 0.2) is 0 Å². The molecular formula is C23H22ClF3N2O4S. The number of alkyl halides is 3. The van der Waals surface area contributed by atoms with Crippen molar-refractivity contribution in [1.82, 2.24) is 9.29 Å². The number of rotatable bonds is 6. The number of halogens is 4. The number of aromatic nitrogens is 1. The Bertz CT molecular complexity index is 1380. The summed E-state index contributed by atoms with van der Waals surface area (Å²) in [6.45, 7) is -0.278.